The van der Waals surface area contributed by atoms with Gasteiger partial charge in [-0.15, -0.1) is 0 Å². The van der Waals surface area contributed by atoms with E-state index in [-0.39, 0.29) is 16.7 Å². The number of hydrogen-bond donors (Lipinski definition) is 3. The van der Waals surface area contributed by atoms with Crippen molar-refractivity contribution in [2.45, 2.75) is 0 Å². The van der Waals surface area contributed by atoms with Gasteiger partial charge in [0.05, 0.1) is 16.7 Å². The molecule has 0 aliphatic rings. The summed E-state index contributed by atoms with van der Waals surface area (Å²) in [5, 5.41) is 27.5. The second-order valence-corrected chi connectivity index (χ2v) is 5.87. The number of aromatic carboxylic acids is 3. The zero-order valence-electron chi connectivity index (χ0n) is 13.9. The van der Waals surface area contributed by atoms with Crippen LogP contribution in [-0.2, 0) is 0 Å². The van der Waals surface area contributed by atoms with E-state index in [1.165, 1.54) is 18.2 Å². The molecule has 0 aromatic heterocycles. The molecule has 0 bridgehead atoms. The van der Waals surface area contributed by atoms with E-state index in [0.717, 1.165) is 17.2 Å². The summed E-state index contributed by atoms with van der Waals surface area (Å²) in [5.74, 6) is -3.43. The van der Waals surface area contributed by atoms with Gasteiger partial charge in [-0.05, 0) is 52.6 Å². The minimum atomic E-state index is -1.21. The third-order valence-electron chi connectivity index (χ3n) is 4.09. The monoisotopic (exact) mass is 362 g/mol. The van der Waals surface area contributed by atoms with Crippen LogP contribution < -0.4 is 0 Å². The first kappa shape index (κ1) is 17.9. The Labute approximate surface area is 154 Å². The second kappa shape index (κ2) is 7.13. The molecule has 0 aliphatic heterocycles. The van der Waals surface area contributed by atoms with Crippen molar-refractivity contribution in [1.82, 2.24) is 0 Å². The Morgan fingerprint density at radius 2 is 0.926 bits per heavy atom. The molecule has 0 amide bonds. The molecule has 27 heavy (non-hydrogen) atoms. The highest BCUT2D eigenvalue weighted by Gasteiger charge is 2.13. The lowest BCUT2D eigenvalue weighted by Gasteiger charge is -2.08. The first-order chi connectivity index (χ1) is 12.8. The molecule has 0 saturated heterocycles. The van der Waals surface area contributed by atoms with Crippen molar-refractivity contribution >= 4 is 17.9 Å². The number of carboxylic acids is 3. The van der Waals surface area contributed by atoms with Crippen LogP contribution in [0.25, 0.3) is 22.3 Å². The molecule has 0 spiro atoms. The van der Waals surface area contributed by atoms with Gasteiger partial charge in [-0.3, -0.25) is 0 Å². The average Bonchev–Trinajstić information content (AvgIpc) is 2.67. The quantitative estimate of drug-likeness (QED) is 0.629. The van der Waals surface area contributed by atoms with Crippen LogP contribution in [0.15, 0.2) is 66.7 Å². The largest absolute Gasteiger partial charge is 0.478 e. The maximum atomic E-state index is 11.2. The second-order valence-electron chi connectivity index (χ2n) is 5.87. The van der Waals surface area contributed by atoms with Crippen molar-refractivity contribution in [3.63, 3.8) is 0 Å². The van der Waals surface area contributed by atoms with Gasteiger partial charge >= 0.3 is 17.9 Å². The van der Waals surface area contributed by atoms with E-state index >= 15 is 0 Å². The summed E-state index contributed by atoms with van der Waals surface area (Å²) in [5.41, 5.74) is 2.60. The Kier molecular flexibility index (Phi) is 4.72. The van der Waals surface area contributed by atoms with Crippen LogP contribution in [0.1, 0.15) is 31.1 Å². The van der Waals surface area contributed by atoms with Crippen molar-refractivity contribution in [2.24, 2.45) is 0 Å². The predicted molar refractivity (Wildman–Crippen MR) is 98.2 cm³/mol. The standard InChI is InChI=1S/C21H14O6/c22-19(23)15-3-1-2-14(8-15)12-4-6-13(7-5-12)16-9-17(20(24)25)11-18(10-16)21(26)27/h1-11H,(H,22,23)(H,24,25)(H,26,27). The summed E-state index contributed by atoms with van der Waals surface area (Å²) in [4.78, 5) is 33.6. The molecule has 0 radical (unpaired) electrons. The van der Waals surface area contributed by atoms with Gasteiger partial charge in [0, 0.05) is 0 Å². The Balaban J connectivity index is 2.01. The van der Waals surface area contributed by atoms with Gasteiger partial charge in [0.2, 0.25) is 0 Å². The molecule has 6 nitrogen and oxygen atoms in total. The highest BCUT2D eigenvalue weighted by atomic mass is 16.4. The molecule has 0 heterocycles. The molecule has 0 unspecified atom stereocenters. The van der Waals surface area contributed by atoms with E-state index in [1.54, 1.807) is 42.5 Å². The van der Waals surface area contributed by atoms with Gasteiger partial charge in [-0.2, -0.15) is 0 Å². The third-order valence-corrected chi connectivity index (χ3v) is 4.09. The molecule has 0 saturated carbocycles. The van der Waals surface area contributed by atoms with Crippen LogP contribution in [0.3, 0.4) is 0 Å². The molecule has 3 N–H and O–H groups in total. The Bertz CT molecular complexity index is 1020. The maximum absolute atomic E-state index is 11.2. The van der Waals surface area contributed by atoms with Gasteiger partial charge in [-0.25, -0.2) is 14.4 Å². The maximum Gasteiger partial charge on any atom is 0.335 e. The van der Waals surface area contributed by atoms with Crippen LogP contribution in [0.2, 0.25) is 0 Å². The van der Waals surface area contributed by atoms with E-state index in [2.05, 4.69) is 0 Å². The van der Waals surface area contributed by atoms with Gasteiger partial charge in [0.1, 0.15) is 0 Å². The van der Waals surface area contributed by atoms with E-state index in [9.17, 15) is 24.6 Å². The number of rotatable bonds is 5. The lowest BCUT2D eigenvalue weighted by Crippen LogP contribution is -2.03. The van der Waals surface area contributed by atoms with Crippen LogP contribution in [0.5, 0.6) is 0 Å². The number of hydrogen-bond acceptors (Lipinski definition) is 3. The Morgan fingerprint density at radius 3 is 1.41 bits per heavy atom. The topological polar surface area (TPSA) is 112 Å². The van der Waals surface area contributed by atoms with E-state index < -0.39 is 17.9 Å². The van der Waals surface area contributed by atoms with Crippen molar-refractivity contribution in [3.8, 4) is 22.3 Å². The third kappa shape index (κ3) is 3.85. The summed E-state index contributed by atoms with van der Waals surface area (Å²) in [7, 11) is 0. The zero-order valence-corrected chi connectivity index (χ0v) is 13.9. The highest BCUT2D eigenvalue weighted by Crippen LogP contribution is 2.27. The fourth-order valence-corrected chi connectivity index (χ4v) is 2.73. The minimum Gasteiger partial charge on any atom is -0.478 e. The van der Waals surface area contributed by atoms with Crippen LogP contribution in [0.4, 0.5) is 0 Å². The van der Waals surface area contributed by atoms with Crippen molar-refractivity contribution in [1.29, 1.82) is 0 Å². The summed E-state index contributed by atoms with van der Waals surface area (Å²) in [6.07, 6.45) is 0. The molecule has 0 atom stereocenters. The average molecular weight is 362 g/mol. The van der Waals surface area contributed by atoms with Gasteiger partial charge in [0.25, 0.3) is 0 Å². The molecule has 0 fully saturated rings. The van der Waals surface area contributed by atoms with E-state index in [1.807, 2.05) is 0 Å². The van der Waals surface area contributed by atoms with E-state index in [0.29, 0.717) is 11.1 Å². The molecular weight excluding hydrogens is 348 g/mol. The predicted octanol–water partition coefficient (Wildman–Crippen LogP) is 4.12. The van der Waals surface area contributed by atoms with Crippen LogP contribution in [-0.4, -0.2) is 33.2 Å². The number of benzene rings is 3. The van der Waals surface area contributed by atoms with Crippen molar-refractivity contribution < 1.29 is 29.7 Å². The molecular formula is C21H14O6. The lowest BCUT2D eigenvalue weighted by atomic mass is 9.97. The molecule has 3 aromatic rings. The Morgan fingerprint density at radius 1 is 0.481 bits per heavy atom. The number of carbonyl (C=O) groups is 3. The highest BCUT2D eigenvalue weighted by molar-refractivity contribution is 5.96. The van der Waals surface area contributed by atoms with Gasteiger partial charge in [0.15, 0.2) is 0 Å². The number of carboxylic acid groups (broad SMARTS) is 3. The summed E-state index contributed by atoms with van der Waals surface area (Å²) >= 11 is 0. The summed E-state index contributed by atoms with van der Waals surface area (Å²) < 4.78 is 0. The van der Waals surface area contributed by atoms with Gasteiger partial charge in [-0.1, -0.05) is 36.4 Å². The molecule has 3 aromatic carbocycles. The molecule has 3 rings (SSSR count). The van der Waals surface area contributed by atoms with Crippen molar-refractivity contribution in [2.75, 3.05) is 0 Å². The van der Waals surface area contributed by atoms with Gasteiger partial charge < -0.3 is 15.3 Å². The smallest absolute Gasteiger partial charge is 0.335 e. The first-order valence-corrected chi connectivity index (χ1v) is 7.91. The Hall–Kier alpha value is -3.93. The normalized spacial score (nSPS) is 10.4. The SMILES string of the molecule is O=C(O)c1cccc(-c2ccc(-c3cc(C(=O)O)cc(C(=O)O)c3)cc2)c1. The lowest BCUT2D eigenvalue weighted by molar-refractivity contribution is 0.0682. The fourth-order valence-electron chi connectivity index (χ4n) is 2.73. The zero-order chi connectivity index (χ0) is 19.6. The van der Waals surface area contributed by atoms with Crippen molar-refractivity contribution in [3.05, 3.63) is 83.4 Å². The molecule has 6 heteroatoms. The molecule has 134 valence electrons. The van der Waals surface area contributed by atoms with E-state index in [4.69, 9.17) is 5.11 Å². The molecule has 0 aliphatic carbocycles. The van der Waals surface area contributed by atoms with Crippen LogP contribution >= 0.6 is 0 Å². The summed E-state index contributed by atoms with van der Waals surface area (Å²) in [6.45, 7) is 0. The fraction of sp³-hybridized carbons (Fsp3) is 0. The summed E-state index contributed by atoms with van der Waals surface area (Å²) in [6, 6.07) is 17.4. The minimum absolute atomic E-state index is 0.108. The van der Waals surface area contributed by atoms with Crippen LogP contribution in [0, 0.1) is 0 Å². The first-order valence-electron chi connectivity index (χ1n) is 7.91.